The topological polar surface area (TPSA) is 78.9 Å². The molecule has 0 aliphatic carbocycles. The number of unbranched alkanes of at least 4 members (excludes halogenated alkanes) is 26. The molecule has 1 atom stereocenters. The Bertz CT molecular complexity index is 1410. The second-order valence-corrected chi connectivity index (χ2v) is 19.5. The molecule has 0 spiro atoms. The van der Waals surface area contributed by atoms with Crippen molar-refractivity contribution >= 4 is 17.9 Å². The Kier molecular flexibility index (Phi) is 55.9. The number of allylic oxidation sites excluding steroid dienone is 16. The van der Waals surface area contributed by atoms with E-state index in [9.17, 15) is 14.4 Å². The second kappa shape index (κ2) is 58.9. The highest BCUT2D eigenvalue weighted by atomic mass is 16.6. The van der Waals surface area contributed by atoms with Gasteiger partial charge in [-0.3, -0.25) is 14.4 Å². The SMILES string of the molecule is CC/C=C\C/C=C\C/C=C\C/C=C\C/C=C\CCCCCCCCCCCC(=O)OCC(COC(=O)CCCCCCCCCCCCC)OC(=O)CCCCCCCCC/C=C\C/C=C\C/C=C\CC. The van der Waals surface area contributed by atoms with Gasteiger partial charge in [0.2, 0.25) is 0 Å². The fourth-order valence-electron chi connectivity index (χ4n) is 8.19. The zero-order valence-electron chi connectivity index (χ0n) is 46.5. The maximum Gasteiger partial charge on any atom is 0.306 e. The van der Waals surface area contributed by atoms with Gasteiger partial charge in [0.1, 0.15) is 13.2 Å². The van der Waals surface area contributed by atoms with Gasteiger partial charge in [-0.1, -0.05) is 259 Å². The minimum Gasteiger partial charge on any atom is -0.462 e. The third-order valence-corrected chi connectivity index (χ3v) is 12.6. The molecular formula is C65H110O6. The standard InChI is InChI=1S/C65H110O6/c1-4-7-10-13-16-19-22-24-26-28-29-30-31-32-33-34-35-37-38-40-43-46-49-52-55-58-64(67)70-61-62(60-69-63(66)57-54-51-48-45-42-21-18-15-12-9-6-3)71-65(68)59-56-53-50-47-44-41-39-36-27-25-23-20-17-14-11-8-5-2/h7-8,10-11,16-17,19-20,24-27,29-30,32-33,62H,4-6,9,12-15,18,21-23,28,31,34-61H2,1-3H3/b10-7-,11-8-,19-16-,20-17-,26-24-,27-25-,30-29-,33-32-. The van der Waals surface area contributed by atoms with Crippen LogP contribution in [0.25, 0.3) is 0 Å². The van der Waals surface area contributed by atoms with Crippen LogP contribution in [0.15, 0.2) is 97.2 Å². The first-order valence-corrected chi connectivity index (χ1v) is 29.7. The first-order valence-electron chi connectivity index (χ1n) is 29.7. The Morgan fingerprint density at radius 3 is 0.859 bits per heavy atom. The van der Waals surface area contributed by atoms with Gasteiger partial charge in [-0.05, 0) is 96.3 Å². The summed E-state index contributed by atoms with van der Waals surface area (Å²) in [6, 6.07) is 0. The van der Waals surface area contributed by atoms with Gasteiger partial charge in [0, 0.05) is 19.3 Å². The van der Waals surface area contributed by atoms with Crippen molar-refractivity contribution in [2.24, 2.45) is 0 Å². The van der Waals surface area contributed by atoms with E-state index in [4.69, 9.17) is 14.2 Å². The molecule has 1 unspecified atom stereocenters. The van der Waals surface area contributed by atoms with Crippen LogP contribution in [-0.2, 0) is 28.6 Å². The zero-order valence-corrected chi connectivity index (χ0v) is 46.5. The van der Waals surface area contributed by atoms with Crippen LogP contribution in [0.3, 0.4) is 0 Å². The van der Waals surface area contributed by atoms with Crippen LogP contribution >= 0.6 is 0 Å². The van der Waals surface area contributed by atoms with E-state index in [1.54, 1.807) is 0 Å². The minimum atomic E-state index is -0.784. The molecule has 406 valence electrons. The molecular weight excluding hydrogens is 877 g/mol. The normalized spacial score (nSPS) is 12.8. The fraction of sp³-hybridized carbons (Fsp3) is 0.708. The number of carbonyl (C=O) groups excluding carboxylic acids is 3. The van der Waals surface area contributed by atoms with Crippen LogP contribution in [0.4, 0.5) is 0 Å². The molecule has 0 aromatic carbocycles. The first-order chi connectivity index (χ1) is 35.0. The average Bonchev–Trinajstić information content (AvgIpc) is 3.37. The average molecular weight is 988 g/mol. The van der Waals surface area contributed by atoms with Gasteiger partial charge >= 0.3 is 17.9 Å². The highest BCUT2D eigenvalue weighted by Crippen LogP contribution is 2.16. The first kappa shape index (κ1) is 67.3. The summed E-state index contributed by atoms with van der Waals surface area (Å²) in [4.78, 5) is 38.2. The molecule has 0 fully saturated rings. The van der Waals surface area contributed by atoms with Gasteiger partial charge in [-0.25, -0.2) is 0 Å². The van der Waals surface area contributed by atoms with E-state index in [1.165, 1.54) is 116 Å². The Morgan fingerprint density at radius 2 is 0.549 bits per heavy atom. The highest BCUT2D eigenvalue weighted by molar-refractivity contribution is 5.71. The smallest absolute Gasteiger partial charge is 0.306 e. The third-order valence-electron chi connectivity index (χ3n) is 12.6. The van der Waals surface area contributed by atoms with Crippen molar-refractivity contribution in [2.45, 2.75) is 284 Å². The van der Waals surface area contributed by atoms with Crippen LogP contribution in [0.2, 0.25) is 0 Å². The number of esters is 3. The molecule has 0 heterocycles. The lowest BCUT2D eigenvalue weighted by atomic mass is 10.1. The maximum absolute atomic E-state index is 12.9. The minimum absolute atomic E-state index is 0.0815. The number of hydrogen-bond acceptors (Lipinski definition) is 6. The van der Waals surface area contributed by atoms with Crippen LogP contribution in [0, 0.1) is 0 Å². The van der Waals surface area contributed by atoms with E-state index < -0.39 is 6.10 Å². The molecule has 0 aromatic heterocycles. The van der Waals surface area contributed by atoms with Crippen LogP contribution < -0.4 is 0 Å². The molecule has 0 aliphatic rings. The van der Waals surface area contributed by atoms with E-state index in [-0.39, 0.29) is 31.1 Å². The highest BCUT2D eigenvalue weighted by Gasteiger charge is 2.19. The number of hydrogen-bond donors (Lipinski definition) is 0. The molecule has 0 amide bonds. The van der Waals surface area contributed by atoms with Crippen molar-refractivity contribution in [1.82, 2.24) is 0 Å². The molecule has 0 saturated carbocycles. The van der Waals surface area contributed by atoms with Gasteiger partial charge in [-0.15, -0.1) is 0 Å². The summed E-state index contributed by atoms with van der Waals surface area (Å²) in [6.07, 6.45) is 78.3. The quantitative estimate of drug-likeness (QED) is 0.0261. The number of carbonyl (C=O) groups is 3. The summed E-state index contributed by atoms with van der Waals surface area (Å²) < 4.78 is 16.9. The summed E-state index contributed by atoms with van der Waals surface area (Å²) in [7, 11) is 0. The molecule has 71 heavy (non-hydrogen) atoms. The van der Waals surface area contributed by atoms with Crippen molar-refractivity contribution in [3.63, 3.8) is 0 Å². The molecule has 0 bridgehead atoms. The lowest BCUT2D eigenvalue weighted by molar-refractivity contribution is -0.167. The van der Waals surface area contributed by atoms with E-state index in [0.717, 1.165) is 122 Å². The number of ether oxygens (including phenoxy) is 3. The predicted molar refractivity (Wildman–Crippen MR) is 307 cm³/mol. The van der Waals surface area contributed by atoms with Gasteiger partial charge in [0.05, 0.1) is 0 Å². The lowest BCUT2D eigenvalue weighted by Gasteiger charge is -2.18. The lowest BCUT2D eigenvalue weighted by Crippen LogP contribution is -2.30. The van der Waals surface area contributed by atoms with Crippen molar-refractivity contribution in [1.29, 1.82) is 0 Å². The van der Waals surface area contributed by atoms with Crippen molar-refractivity contribution in [2.75, 3.05) is 13.2 Å². The number of rotatable bonds is 53. The maximum atomic E-state index is 12.9. The van der Waals surface area contributed by atoms with Crippen molar-refractivity contribution in [3.8, 4) is 0 Å². The molecule has 0 aliphatic heterocycles. The Morgan fingerprint density at radius 1 is 0.296 bits per heavy atom. The van der Waals surface area contributed by atoms with Crippen molar-refractivity contribution in [3.05, 3.63) is 97.2 Å². The summed E-state index contributed by atoms with van der Waals surface area (Å²) in [5.41, 5.74) is 0. The molecule has 0 aromatic rings. The summed E-state index contributed by atoms with van der Waals surface area (Å²) in [5.74, 6) is -0.893. The third kappa shape index (κ3) is 57.1. The van der Waals surface area contributed by atoms with Gasteiger partial charge in [-0.2, -0.15) is 0 Å². The summed E-state index contributed by atoms with van der Waals surface area (Å²) in [5, 5.41) is 0. The van der Waals surface area contributed by atoms with Crippen molar-refractivity contribution < 1.29 is 28.6 Å². The van der Waals surface area contributed by atoms with Gasteiger partial charge in [0.15, 0.2) is 6.10 Å². The Hall–Kier alpha value is -3.67. The van der Waals surface area contributed by atoms with E-state index in [1.807, 2.05) is 0 Å². The molecule has 0 radical (unpaired) electrons. The van der Waals surface area contributed by atoms with E-state index >= 15 is 0 Å². The van der Waals surface area contributed by atoms with Crippen LogP contribution in [0.5, 0.6) is 0 Å². The zero-order chi connectivity index (χ0) is 51.4. The van der Waals surface area contributed by atoms with Gasteiger partial charge < -0.3 is 14.2 Å². The largest absolute Gasteiger partial charge is 0.462 e. The summed E-state index contributed by atoms with van der Waals surface area (Å²) >= 11 is 0. The predicted octanol–water partition coefficient (Wildman–Crippen LogP) is 20.1. The molecule has 6 heteroatoms. The molecule has 6 nitrogen and oxygen atoms in total. The van der Waals surface area contributed by atoms with E-state index in [2.05, 4.69) is 118 Å². The molecule has 0 rings (SSSR count). The van der Waals surface area contributed by atoms with E-state index in [0.29, 0.717) is 19.3 Å². The van der Waals surface area contributed by atoms with Crippen LogP contribution in [-0.4, -0.2) is 37.2 Å². The molecule has 0 saturated heterocycles. The van der Waals surface area contributed by atoms with Gasteiger partial charge in [0.25, 0.3) is 0 Å². The summed E-state index contributed by atoms with van der Waals surface area (Å²) in [6.45, 7) is 6.41. The fourth-order valence-corrected chi connectivity index (χ4v) is 8.19. The Labute approximate surface area is 438 Å². The van der Waals surface area contributed by atoms with Crippen LogP contribution in [0.1, 0.15) is 278 Å². The Balaban J connectivity index is 4.31. The molecule has 0 N–H and O–H groups in total. The second-order valence-electron chi connectivity index (χ2n) is 19.5. The monoisotopic (exact) mass is 987 g/mol.